The normalized spacial score (nSPS) is 10.4. The second-order valence-electron chi connectivity index (χ2n) is 4.93. The van der Waals surface area contributed by atoms with Gasteiger partial charge < -0.3 is 4.74 Å². The van der Waals surface area contributed by atoms with Crippen molar-refractivity contribution in [3.8, 4) is 5.75 Å². The molecule has 3 aromatic rings. The number of thioether (sulfide) groups is 1. The first-order chi connectivity index (χ1) is 11.7. The van der Waals surface area contributed by atoms with Crippen LogP contribution < -0.4 is 10.1 Å². The minimum atomic E-state index is -0.172. The number of hydrogen-bond acceptors (Lipinski definition) is 5. The van der Waals surface area contributed by atoms with Gasteiger partial charge >= 0.3 is 0 Å². The van der Waals surface area contributed by atoms with Gasteiger partial charge in [-0.25, -0.2) is 4.98 Å². The van der Waals surface area contributed by atoms with Crippen molar-refractivity contribution in [2.24, 2.45) is 0 Å². The summed E-state index contributed by atoms with van der Waals surface area (Å²) >= 11 is 3.16. The first-order valence-electron chi connectivity index (χ1n) is 7.32. The lowest BCUT2D eigenvalue weighted by molar-refractivity contribution is 0.102. The Morgan fingerprint density at radius 3 is 2.62 bits per heavy atom. The zero-order chi connectivity index (χ0) is 16.8. The summed E-state index contributed by atoms with van der Waals surface area (Å²) in [6, 6.07) is 17.2. The standard InChI is InChI=1S/C18H16N2O2S2/c1-22-15-9-7-13(8-10-15)17(21)20-18-19-14(12-24-18)11-23-16-5-3-2-4-6-16/h2-10,12H,11H2,1H3,(H,19,20,21). The molecule has 0 saturated heterocycles. The van der Waals surface area contributed by atoms with Crippen LogP contribution in [0.1, 0.15) is 16.1 Å². The molecule has 122 valence electrons. The largest absolute Gasteiger partial charge is 0.497 e. The first kappa shape index (κ1) is 16.5. The second kappa shape index (κ2) is 7.99. The summed E-state index contributed by atoms with van der Waals surface area (Å²) in [7, 11) is 1.60. The predicted molar refractivity (Wildman–Crippen MR) is 99.1 cm³/mol. The van der Waals surface area contributed by atoms with Crippen LogP contribution >= 0.6 is 23.1 Å². The van der Waals surface area contributed by atoms with E-state index in [1.165, 1.54) is 16.2 Å². The van der Waals surface area contributed by atoms with E-state index < -0.39 is 0 Å². The van der Waals surface area contributed by atoms with E-state index in [9.17, 15) is 4.79 Å². The molecule has 1 amide bonds. The molecular formula is C18H16N2O2S2. The zero-order valence-electron chi connectivity index (χ0n) is 13.1. The number of rotatable bonds is 6. The van der Waals surface area contributed by atoms with Crippen molar-refractivity contribution in [3.63, 3.8) is 0 Å². The number of carbonyl (C=O) groups is 1. The van der Waals surface area contributed by atoms with Crippen molar-refractivity contribution in [1.82, 2.24) is 4.98 Å². The van der Waals surface area contributed by atoms with Crippen LogP contribution in [0.5, 0.6) is 5.75 Å². The fourth-order valence-electron chi connectivity index (χ4n) is 2.02. The summed E-state index contributed by atoms with van der Waals surface area (Å²) in [4.78, 5) is 17.9. The van der Waals surface area contributed by atoms with Crippen molar-refractivity contribution in [2.75, 3.05) is 12.4 Å². The summed E-state index contributed by atoms with van der Waals surface area (Å²) in [5.41, 5.74) is 1.53. The summed E-state index contributed by atoms with van der Waals surface area (Å²) in [6.07, 6.45) is 0. The molecule has 4 nitrogen and oxygen atoms in total. The molecule has 0 atom stereocenters. The minimum Gasteiger partial charge on any atom is -0.497 e. The highest BCUT2D eigenvalue weighted by Crippen LogP contribution is 2.25. The fraction of sp³-hybridized carbons (Fsp3) is 0.111. The second-order valence-corrected chi connectivity index (χ2v) is 6.84. The number of nitrogens with zero attached hydrogens (tertiary/aromatic N) is 1. The molecule has 0 bridgehead atoms. The Bertz CT molecular complexity index is 801. The lowest BCUT2D eigenvalue weighted by Crippen LogP contribution is -2.11. The number of carbonyl (C=O) groups excluding carboxylic acids is 1. The number of anilines is 1. The van der Waals surface area contributed by atoms with Gasteiger partial charge in [-0.3, -0.25) is 10.1 Å². The Morgan fingerprint density at radius 1 is 1.17 bits per heavy atom. The number of benzene rings is 2. The van der Waals surface area contributed by atoms with Crippen molar-refractivity contribution in [3.05, 3.63) is 71.2 Å². The molecular weight excluding hydrogens is 340 g/mol. The quantitative estimate of drug-likeness (QED) is 0.651. The molecule has 6 heteroatoms. The monoisotopic (exact) mass is 356 g/mol. The smallest absolute Gasteiger partial charge is 0.257 e. The van der Waals surface area contributed by atoms with Gasteiger partial charge in [-0.05, 0) is 36.4 Å². The zero-order valence-corrected chi connectivity index (χ0v) is 14.7. The maximum atomic E-state index is 12.2. The van der Waals surface area contributed by atoms with Crippen LogP contribution in [0.15, 0.2) is 64.9 Å². The average molecular weight is 356 g/mol. The molecule has 0 aliphatic carbocycles. The molecule has 0 saturated carbocycles. The molecule has 0 spiro atoms. The fourth-order valence-corrected chi connectivity index (χ4v) is 3.64. The number of hydrogen-bond donors (Lipinski definition) is 1. The van der Waals surface area contributed by atoms with E-state index in [1.807, 2.05) is 23.6 Å². The van der Waals surface area contributed by atoms with Gasteiger partial charge in [-0.2, -0.15) is 0 Å². The number of thiazole rings is 1. The third-order valence-electron chi connectivity index (χ3n) is 3.25. The molecule has 0 fully saturated rings. The number of ether oxygens (including phenoxy) is 1. The number of methoxy groups -OCH3 is 1. The van der Waals surface area contributed by atoms with Crippen LogP contribution in [0.2, 0.25) is 0 Å². The van der Waals surface area contributed by atoms with Crippen molar-refractivity contribution < 1.29 is 9.53 Å². The highest BCUT2D eigenvalue weighted by molar-refractivity contribution is 7.98. The van der Waals surface area contributed by atoms with E-state index in [4.69, 9.17) is 4.74 Å². The van der Waals surface area contributed by atoms with Crippen LogP contribution in [-0.4, -0.2) is 18.0 Å². The lowest BCUT2D eigenvalue weighted by atomic mass is 10.2. The van der Waals surface area contributed by atoms with E-state index in [0.29, 0.717) is 10.7 Å². The summed E-state index contributed by atoms with van der Waals surface area (Å²) in [6.45, 7) is 0. The van der Waals surface area contributed by atoms with Crippen LogP contribution in [0.25, 0.3) is 0 Å². The van der Waals surface area contributed by atoms with Crippen LogP contribution in [-0.2, 0) is 5.75 Å². The minimum absolute atomic E-state index is 0.172. The third kappa shape index (κ3) is 4.37. The molecule has 1 heterocycles. The van der Waals surface area contributed by atoms with E-state index in [0.717, 1.165) is 17.2 Å². The Balaban J connectivity index is 1.57. The number of nitrogens with one attached hydrogen (secondary N) is 1. The molecule has 3 rings (SSSR count). The van der Waals surface area contributed by atoms with Crippen LogP contribution in [0.4, 0.5) is 5.13 Å². The van der Waals surface area contributed by atoms with Crippen molar-refractivity contribution in [1.29, 1.82) is 0 Å². The Hall–Kier alpha value is -2.31. The summed E-state index contributed by atoms with van der Waals surface area (Å²) in [5, 5.41) is 5.42. The molecule has 2 aromatic carbocycles. The molecule has 1 N–H and O–H groups in total. The SMILES string of the molecule is COc1ccc(C(=O)Nc2nc(CSc3ccccc3)cs2)cc1. The van der Waals surface area contributed by atoms with Gasteiger partial charge in [0.1, 0.15) is 5.75 Å². The molecule has 0 unspecified atom stereocenters. The van der Waals surface area contributed by atoms with Gasteiger partial charge in [-0.1, -0.05) is 18.2 Å². The molecule has 0 aliphatic heterocycles. The van der Waals surface area contributed by atoms with Crippen LogP contribution in [0.3, 0.4) is 0 Å². The van der Waals surface area contributed by atoms with Crippen LogP contribution in [0, 0.1) is 0 Å². The highest BCUT2D eigenvalue weighted by atomic mass is 32.2. The molecule has 0 aliphatic rings. The van der Waals surface area contributed by atoms with E-state index in [-0.39, 0.29) is 5.91 Å². The van der Waals surface area contributed by atoms with Gasteiger partial charge in [-0.15, -0.1) is 23.1 Å². The van der Waals surface area contributed by atoms with Gasteiger partial charge in [0.2, 0.25) is 0 Å². The average Bonchev–Trinajstić information content (AvgIpc) is 3.08. The van der Waals surface area contributed by atoms with Crippen molar-refractivity contribution in [2.45, 2.75) is 10.6 Å². The summed E-state index contributed by atoms with van der Waals surface area (Å²) in [5.74, 6) is 1.33. The number of amides is 1. The van der Waals surface area contributed by atoms with Crippen molar-refractivity contribution >= 4 is 34.1 Å². The van der Waals surface area contributed by atoms with Gasteiger partial charge in [0.25, 0.3) is 5.91 Å². The molecule has 0 radical (unpaired) electrons. The highest BCUT2D eigenvalue weighted by Gasteiger charge is 2.09. The first-order valence-corrected chi connectivity index (χ1v) is 9.19. The lowest BCUT2D eigenvalue weighted by Gasteiger charge is -2.03. The number of aromatic nitrogens is 1. The Labute approximate surface area is 148 Å². The molecule has 24 heavy (non-hydrogen) atoms. The topological polar surface area (TPSA) is 51.2 Å². The third-order valence-corrected chi connectivity index (χ3v) is 5.11. The Morgan fingerprint density at radius 2 is 1.92 bits per heavy atom. The Kier molecular flexibility index (Phi) is 5.51. The van der Waals surface area contributed by atoms with Gasteiger partial charge in [0.15, 0.2) is 5.13 Å². The van der Waals surface area contributed by atoms with Gasteiger partial charge in [0.05, 0.1) is 12.8 Å². The molecule has 1 aromatic heterocycles. The summed E-state index contributed by atoms with van der Waals surface area (Å²) < 4.78 is 5.09. The van der Waals surface area contributed by atoms with E-state index in [1.54, 1.807) is 43.1 Å². The predicted octanol–water partition coefficient (Wildman–Crippen LogP) is 4.70. The maximum absolute atomic E-state index is 12.2. The van der Waals surface area contributed by atoms with Gasteiger partial charge in [0, 0.05) is 21.6 Å². The van der Waals surface area contributed by atoms with E-state index in [2.05, 4.69) is 22.4 Å². The maximum Gasteiger partial charge on any atom is 0.257 e. The van der Waals surface area contributed by atoms with E-state index >= 15 is 0 Å².